The van der Waals surface area contributed by atoms with Crippen molar-refractivity contribution in [1.29, 1.82) is 0 Å². The van der Waals surface area contributed by atoms with Crippen molar-refractivity contribution in [3.05, 3.63) is 186 Å². The topological polar surface area (TPSA) is 17.8 Å². The van der Waals surface area contributed by atoms with E-state index in [2.05, 4.69) is 251 Å². The molecule has 0 atom stereocenters. The standard InChI is InChI=1S/C62H66N2/c1-59(2,3)54-22-14-41(15-23-54)45-30-46(42-16-24-55(25-17-42)60(4,5)6)33-49(32-45)51-36-52(38-53(37-51)58-39-63-40-64(58)13)50-34-47(43-18-26-56(27-19-43)61(7,8)9)31-48(35-50)44-20-28-57(29-21-44)62(10,11)12/h14-40H,1-13H3. The van der Waals surface area contributed by atoms with Crippen molar-refractivity contribution in [1.82, 2.24) is 9.55 Å². The lowest BCUT2D eigenvalue weighted by atomic mass is 9.84. The quantitative estimate of drug-likeness (QED) is 0.156. The third-order valence-corrected chi connectivity index (χ3v) is 12.9. The Kier molecular flexibility index (Phi) is 11.6. The molecule has 8 aromatic rings. The van der Waals surface area contributed by atoms with E-state index in [1.165, 1.54) is 77.9 Å². The Morgan fingerprint density at radius 1 is 0.281 bits per heavy atom. The number of aryl methyl sites for hydroxylation is 1. The Balaban J connectivity index is 1.34. The SMILES string of the molecule is Cn1cncc1-c1cc(-c2cc(-c3ccc(C(C)(C)C)cc3)cc(-c3ccc(C(C)(C)C)cc3)c2)cc(-c2cc(-c3ccc(C(C)(C)C)cc3)cc(-c3ccc(C(C)(C)C)cc3)c2)c1. The highest BCUT2D eigenvalue weighted by molar-refractivity contribution is 5.88. The van der Waals surface area contributed by atoms with Crippen molar-refractivity contribution in [3.8, 4) is 78.0 Å². The predicted octanol–water partition coefficient (Wildman–Crippen LogP) is 17.3. The van der Waals surface area contributed by atoms with Gasteiger partial charge < -0.3 is 4.57 Å². The van der Waals surface area contributed by atoms with E-state index in [9.17, 15) is 0 Å². The monoisotopic (exact) mass is 839 g/mol. The van der Waals surface area contributed by atoms with Crippen LogP contribution in [0.4, 0.5) is 0 Å². The highest BCUT2D eigenvalue weighted by Gasteiger charge is 2.19. The van der Waals surface area contributed by atoms with Gasteiger partial charge in [-0.25, -0.2) is 4.98 Å². The summed E-state index contributed by atoms with van der Waals surface area (Å²) < 4.78 is 2.12. The van der Waals surface area contributed by atoms with E-state index in [-0.39, 0.29) is 21.7 Å². The Morgan fingerprint density at radius 3 is 0.672 bits per heavy atom. The number of imidazole rings is 1. The third kappa shape index (κ3) is 9.63. The minimum absolute atomic E-state index is 0.0753. The molecule has 64 heavy (non-hydrogen) atoms. The van der Waals surface area contributed by atoms with Crippen LogP contribution in [0.1, 0.15) is 105 Å². The second kappa shape index (κ2) is 16.7. The van der Waals surface area contributed by atoms with Gasteiger partial charge in [-0.1, -0.05) is 180 Å². The molecule has 2 nitrogen and oxygen atoms in total. The maximum atomic E-state index is 4.58. The van der Waals surface area contributed by atoms with Crippen LogP contribution in [-0.4, -0.2) is 9.55 Å². The fourth-order valence-electron chi connectivity index (χ4n) is 8.65. The average molecular weight is 839 g/mol. The normalized spacial score (nSPS) is 12.5. The maximum absolute atomic E-state index is 4.58. The van der Waals surface area contributed by atoms with Crippen LogP contribution < -0.4 is 0 Å². The van der Waals surface area contributed by atoms with Gasteiger partial charge in [0, 0.05) is 12.6 Å². The molecule has 0 saturated heterocycles. The first kappa shape index (κ1) is 44.4. The first-order valence-corrected chi connectivity index (χ1v) is 23.0. The zero-order chi connectivity index (χ0) is 45.8. The van der Waals surface area contributed by atoms with Gasteiger partial charge in [0.05, 0.1) is 18.2 Å². The molecule has 0 radical (unpaired) electrons. The van der Waals surface area contributed by atoms with E-state index in [4.69, 9.17) is 0 Å². The minimum atomic E-state index is 0.0753. The molecule has 0 unspecified atom stereocenters. The summed E-state index contributed by atoms with van der Waals surface area (Å²) in [7, 11) is 2.08. The van der Waals surface area contributed by atoms with Gasteiger partial charge >= 0.3 is 0 Å². The number of hydrogen-bond donors (Lipinski definition) is 0. The first-order valence-electron chi connectivity index (χ1n) is 23.0. The lowest BCUT2D eigenvalue weighted by Gasteiger charge is -2.20. The Bertz CT molecular complexity index is 2580. The lowest BCUT2D eigenvalue weighted by Crippen LogP contribution is -2.10. The van der Waals surface area contributed by atoms with E-state index in [1.807, 2.05) is 12.5 Å². The molecule has 0 N–H and O–H groups in total. The van der Waals surface area contributed by atoms with E-state index in [0.29, 0.717) is 0 Å². The van der Waals surface area contributed by atoms with Gasteiger partial charge in [-0.2, -0.15) is 0 Å². The van der Waals surface area contributed by atoms with Crippen LogP contribution >= 0.6 is 0 Å². The fraction of sp³-hybridized carbons (Fsp3) is 0.274. The Labute approximate surface area is 384 Å². The molecule has 1 heterocycles. The first-order chi connectivity index (χ1) is 30.1. The molecule has 324 valence electrons. The summed E-state index contributed by atoms with van der Waals surface area (Å²) in [6.45, 7) is 27.3. The van der Waals surface area contributed by atoms with Crippen LogP contribution in [0, 0.1) is 0 Å². The molecule has 0 fully saturated rings. The van der Waals surface area contributed by atoms with Crippen LogP contribution in [-0.2, 0) is 28.7 Å². The summed E-state index contributed by atoms with van der Waals surface area (Å²) in [5.41, 5.74) is 22.1. The molecular formula is C62H66N2. The number of nitrogens with zero attached hydrogens (tertiary/aromatic N) is 2. The zero-order valence-corrected chi connectivity index (χ0v) is 40.5. The van der Waals surface area contributed by atoms with Crippen LogP contribution in [0.3, 0.4) is 0 Å². The Hall–Kier alpha value is -6.25. The van der Waals surface area contributed by atoms with Crippen LogP contribution in [0.2, 0.25) is 0 Å². The molecule has 2 heteroatoms. The molecule has 0 spiro atoms. The predicted molar refractivity (Wildman–Crippen MR) is 276 cm³/mol. The summed E-state index contributed by atoms with van der Waals surface area (Å²) in [6, 6.07) is 57.9. The molecule has 1 aromatic heterocycles. The number of aromatic nitrogens is 2. The van der Waals surface area contributed by atoms with Crippen molar-refractivity contribution in [3.63, 3.8) is 0 Å². The third-order valence-electron chi connectivity index (χ3n) is 12.9. The molecule has 0 saturated carbocycles. The van der Waals surface area contributed by atoms with Gasteiger partial charge in [0.1, 0.15) is 0 Å². The van der Waals surface area contributed by atoms with Gasteiger partial charge in [-0.05, 0) is 165 Å². The largest absolute Gasteiger partial charge is 0.334 e. The van der Waals surface area contributed by atoms with E-state index >= 15 is 0 Å². The molecular weight excluding hydrogens is 773 g/mol. The lowest BCUT2D eigenvalue weighted by molar-refractivity contribution is 0.590. The van der Waals surface area contributed by atoms with Crippen LogP contribution in [0.5, 0.6) is 0 Å². The zero-order valence-electron chi connectivity index (χ0n) is 40.5. The summed E-state index contributed by atoms with van der Waals surface area (Å²) in [6.07, 6.45) is 3.87. The highest BCUT2D eigenvalue weighted by atomic mass is 15.0. The molecule has 0 aliphatic rings. The van der Waals surface area contributed by atoms with Crippen molar-refractivity contribution in [2.24, 2.45) is 7.05 Å². The second-order valence-electron chi connectivity index (χ2n) is 22.1. The summed E-state index contributed by atoms with van der Waals surface area (Å²) in [4.78, 5) is 4.58. The van der Waals surface area contributed by atoms with Gasteiger partial charge in [0.2, 0.25) is 0 Å². The molecule has 0 aliphatic carbocycles. The average Bonchev–Trinajstić information content (AvgIpc) is 3.70. The molecule has 8 rings (SSSR count). The number of benzene rings is 7. The molecule has 0 amide bonds. The van der Waals surface area contributed by atoms with E-state index in [1.54, 1.807) is 0 Å². The summed E-state index contributed by atoms with van der Waals surface area (Å²) >= 11 is 0. The second-order valence-corrected chi connectivity index (χ2v) is 22.1. The van der Waals surface area contributed by atoms with Crippen LogP contribution in [0.15, 0.2) is 164 Å². The van der Waals surface area contributed by atoms with Crippen molar-refractivity contribution in [2.45, 2.75) is 105 Å². The number of rotatable bonds is 7. The van der Waals surface area contributed by atoms with Crippen molar-refractivity contribution < 1.29 is 0 Å². The highest BCUT2D eigenvalue weighted by Crippen LogP contribution is 2.41. The summed E-state index contributed by atoms with van der Waals surface area (Å²) in [5, 5.41) is 0. The van der Waals surface area contributed by atoms with Gasteiger partial charge in [0.15, 0.2) is 0 Å². The number of hydrogen-bond acceptors (Lipinski definition) is 1. The van der Waals surface area contributed by atoms with Gasteiger partial charge in [0.25, 0.3) is 0 Å². The summed E-state index contributed by atoms with van der Waals surface area (Å²) in [5.74, 6) is 0. The van der Waals surface area contributed by atoms with E-state index < -0.39 is 0 Å². The molecule has 7 aromatic carbocycles. The molecule has 0 bridgehead atoms. The van der Waals surface area contributed by atoms with Crippen LogP contribution in [0.25, 0.3) is 78.0 Å². The maximum Gasteiger partial charge on any atom is 0.0948 e. The molecule has 0 aliphatic heterocycles. The minimum Gasteiger partial charge on any atom is -0.334 e. The van der Waals surface area contributed by atoms with Gasteiger partial charge in [-0.3, -0.25) is 0 Å². The van der Waals surface area contributed by atoms with Crippen molar-refractivity contribution >= 4 is 0 Å². The Morgan fingerprint density at radius 2 is 0.484 bits per heavy atom. The van der Waals surface area contributed by atoms with Gasteiger partial charge in [-0.15, -0.1) is 0 Å². The smallest absolute Gasteiger partial charge is 0.0948 e. The van der Waals surface area contributed by atoms with E-state index in [0.717, 1.165) is 22.4 Å². The fourth-order valence-corrected chi connectivity index (χ4v) is 8.65. The van der Waals surface area contributed by atoms with Crippen molar-refractivity contribution in [2.75, 3.05) is 0 Å².